The fraction of sp³-hybridized carbons (Fsp3) is 0.267. The molecule has 6 heteroatoms. The Balaban J connectivity index is 2.24. The molecular weight excluding hydrogens is 284 g/mol. The van der Waals surface area contributed by atoms with Crippen LogP contribution < -0.4 is 9.64 Å². The van der Waals surface area contributed by atoms with Crippen LogP contribution in [0.1, 0.15) is 11.3 Å². The third kappa shape index (κ3) is 3.44. The van der Waals surface area contributed by atoms with E-state index in [0.717, 1.165) is 16.2 Å². The zero-order chi connectivity index (χ0) is 15.2. The highest BCUT2D eigenvalue weighted by atomic mass is 32.2. The molecule has 0 bridgehead atoms. The van der Waals surface area contributed by atoms with Crippen molar-refractivity contribution in [3.63, 3.8) is 0 Å². The predicted octanol–water partition coefficient (Wildman–Crippen LogP) is 2.72. The Morgan fingerprint density at radius 3 is 2.76 bits per heavy atom. The van der Waals surface area contributed by atoms with Crippen LogP contribution in [-0.4, -0.2) is 30.4 Å². The van der Waals surface area contributed by atoms with Crippen LogP contribution in [0, 0.1) is 11.3 Å². The second-order valence-corrected chi connectivity index (χ2v) is 5.23. The average Bonchev–Trinajstić information content (AvgIpc) is 2.54. The Kier molecular flexibility index (Phi) is 5.01. The second kappa shape index (κ2) is 6.95. The molecule has 1 heterocycles. The fourth-order valence-electron chi connectivity index (χ4n) is 2.02. The van der Waals surface area contributed by atoms with Gasteiger partial charge in [-0.3, -0.25) is 0 Å². The maximum absolute atomic E-state index is 9.08. The summed E-state index contributed by atoms with van der Waals surface area (Å²) < 4.78 is 5.39. The summed E-state index contributed by atoms with van der Waals surface area (Å²) in [6, 6.07) is 8.15. The molecule has 0 spiro atoms. The highest BCUT2D eigenvalue weighted by Crippen LogP contribution is 2.29. The van der Waals surface area contributed by atoms with Gasteiger partial charge in [-0.1, -0.05) is 6.07 Å². The van der Waals surface area contributed by atoms with Crippen molar-refractivity contribution in [3.05, 3.63) is 41.9 Å². The van der Waals surface area contributed by atoms with Gasteiger partial charge in [0, 0.05) is 30.9 Å². The minimum atomic E-state index is 0.327. The van der Waals surface area contributed by atoms with Crippen LogP contribution in [0.4, 0.5) is 5.82 Å². The lowest BCUT2D eigenvalue weighted by Crippen LogP contribution is -2.19. The molecule has 1 aromatic heterocycles. The third-order valence-electron chi connectivity index (χ3n) is 3.01. The van der Waals surface area contributed by atoms with Crippen LogP contribution >= 0.6 is 11.8 Å². The van der Waals surface area contributed by atoms with Gasteiger partial charge < -0.3 is 9.64 Å². The first-order valence-electron chi connectivity index (χ1n) is 6.32. The van der Waals surface area contributed by atoms with Crippen LogP contribution in [-0.2, 0) is 6.54 Å². The van der Waals surface area contributed by atoms with E-state index in [1.54, 1.807) is 25.1 Å². The average molecular weight is 300 g/mol. The molecular formula is C15H16N4OS. The molecule has 0 aliphatic carbocycles. The lowest BCUT2D eigenvalue weighted by Gasteiger charge is -2.19. The van der Waals surface area contributed by atoms with E-state index < -0.39 is 0 Å². The van der Waals surface area contributed by atoms with Crippen molar-refractivity contribution in [1.29, 1.82) is 5.26 Å². The van der Waals surface area contributed by atoms with Gasteiger partial charge in [-0.05, 0) is 24.0 Å². The van der Waals surface area contributed by atoms with Crippen molar-refractivity contribution in [3.8, 4) is 11.8 Å². The monoisotopic (exact) mass is 300 g/mol. The molecule has 1 aromatic carbocycles. The molecule has 5 nitrogen and oxygen atoms in total. The molecule has 0 unspecified atom stereocenters. The van der Waals surface area contributed by atoms with E-state index >= 15 is 0 Å². The summed E-state index contributed by atoms with van der Waals surface area (Å²) in [7, 11) is 3.55. The molecule has 0 aliphatic heterocycles. The molecule has 2 rings (SSSR count). The maximum Gasteiger partial charge on any atom is 0.183 e. The second-order valence-electron chi connectivity index (χ2n) is 4.39. The van der Waals surface area contributed by atoms with E-state index in [4.69, 9.17) is 10.00 Å². The summed E-state index contributed by atoms with van der Waals surface area (Å²) in [6.45, 7) is 0.623. The molecule has 0 amide bonds. The van der Waals surface area contributed by atoms with Crippen molar-refractivity contribution in [2.45, 2.75) is 11.4 Å². The lowest BCUT2D eigenvalue weighted by atomic mass is 10.2. The van der Waals surface area contributed by atoms with Gasteiger partial charge in [0.05, 0.1) is 7.11 Å². The van der Waals surface area contributed by atoms with Gasteiger partial charge in [-0.2, -0.15) is 5.26 Å². The number of nitrogens with zero attached hydrogens (tertiary/aromatic N) is 4. The number of thioether (sulfide) groups is 1. The highest BCUT2D eigenvalue weighted by Gasteiger charge is 2.11. The van der Waals surface area contributed by atoms with Crippen LogP contribution in [0.2, 0.25) is 0 Å². The first kappa shape index (κ1) is 15.1. The molecule has 0 fully saturated rings. The van der Waals surface area contributed by atoms with Crippen molar-refractivity contribution < 1.29 is 4.74 Å². The number of nitriles is 1. The van der Waals surface area contributed by atoms with E-state index in [0.29, 0.717) is 18.1 Å². The number of anilines is 1. The normalized spacial score (nSPS) is 10.0. The SMILES string of the molecule is COc1cc(CN(C)c2nccnc2C#N)ccc1SC. The first-order chi connectivity index (χ1) is 10.2. The number of hydrogen-bond donors (Lipinski definition) is 0. The fourth-order valence-corrected chi connectivity index (χ4v) is 2.56. The Morgan fingerprint density at radius 2 is 2.10 bits per heavy atom. The number of rotatable bonds is 5. The minimum absolute atomic E-state index is 0.327. The summed E-state index contributed by atoms with van der Waals surface area (Å²) in [5.41, 5.74) is 1.41. The van der Waals surface area contributed by atoms with Crippen LogP contribution in [0.5, 0.6) is 5.75 Å². The molecule has 0 saturated heterocycles. The molecule has 0 N–H and O–H groups in total. The number of hydrogen-bond acceptors (Lipinski definition) is 6. The zero-order valence-corrected chi connectivity index (χ0v) is 13.0. The van der Waals surface area contributed by atoms with Gasteiger partial charge in [-0.25, -0.2) is 9.97 Å². The van der Waals surface area contributed by atoms with E-state index in [9.17, 15) is 0 Å². The Bertz CT molecular complexity index is 669. The van der Waals surface area contributed by atoms with Crippen LogP contribution in [0.25, 0.3) is 0 Å². The standard InChI is InChI=1S/C15H16N4OS/c1-19(15-12(9-16)17-6-7-18-15)10-11-4-5-14(21-3)13(8-11)20-2/h4-8H,10H2,1-3H3. The topological polar surface area (TPSA) is 62.0 Å². The van der Waals surface area contributed by atoms with Crippen molar-refractivity contribution in [1.82, 2.24) is 9.97 Å². The minimum Gasteiger partial charge on any atom is -0.496 e. The van der Waals surface area contributed by atoms with Crippen LogP contribution in [0.15, 0.2) is 35.5 Å². The molecule has 2 aromatic rings. The largest absolute Gasteiger partial charge is 0.496 e. The Hall–Kier alpha value is -2.26. The molecule has 108 valence electrons. The van der Waals surface area contributed by atoms with E-state index in [1.165, 1.54) is 6.20 Å². The third-order valence-corrected chi connectivity index (χ3v) is 3.79. The predicted molar refractivity (Wildman–Crippen MR) is 83.6 cm³/mol. The molecule has 0 radical (unpaired) electrons. The molecule has 21 heavy (non-hydrogen) atoms. The first-order valence-corrected chi connectivity index (χ1v) is 7.55. The van der Waals surface area contributed by atoms with Gasteiger partial charge in [0.2, 0.25) is 0 Å². The summed E-state index contributed by atoms with van der Waals surface area (Å²) in [4.78, 5) is 11.3. The molecule has 0 aliphatic rings. The molecule has 0 saturated carbocycles. The Morgan fingerprint density at radius 1 is 1.33 bits per heavy atom. The van der Waals surface area contributed by atoms with E-state index in [1.807, 2.05) is 36.4 Å². The lowest BCUT2D eigenvalue weighted by molar-refractivity contribution is 0.404. The van der Waals surface area contributed by atoms with Gasteiger partial charge in [0.15, 0.2) is 11.5 Å². The van der Waals surface area contributed by atoms with Crippen molar-refractivity contribution in [2.75, 3.05) is 25.3 Å². The van der Waals surface area contributed by atoms with Gasteiger partial charge in [0.1, 0.15) is 11.8 Å². The van der Waals surface area contributed by atoms with Gasteiger partial charge in [-0.15, -0.1) is 11.8 Å². The van der Waals surface area contributed by atoms with E-state index in [2.05, 4.69) is 16.0 Å². The highest BCUT2D eigenvalue weighted by molar-refractivity contribution is 7.98. The summed E-state index contributed by atoms with van der Waals surface area (Å²) in [5, 5.41) is 9.08. The molecule has 0 atom stereocenters. The zero-order valence-electron chi connectivity index (χ0n) is 12.2. The number of aromatic nitrogens is 2. The van der Waals surface area contributed by atoms with Crippen LogP contribution in [0.3, 0.4) is 0 Å². The van der Waals surface area contributed by atoms with Crippen molar-refractivity contribution in [2.24, 2.45) is 0 Å². The summed E-state index contributed by atoms with van der Waals surface area (Å²) in [6.07, 6.45) is 5.12. The number of benzene rings is 1. The van der Waals surface area contributed by atoms with E-state index in [-0.39, 0.29) is 0 Å². The van der Waals surface area contributed by atoms with Crippen molar-refractivity contribution >= 4 is 17.6 Å². The number of ether oxygens (including phenoxy) is 1. The summed E-state index contributed by atoms with van der Waals surface area (Å²) >= 11 is 1.65. The number of methoxy groups -OCH3 is 1. The smallest absolute Gasteiger partial charge is 0.183 e. The summed E-state index contributed by atoms with van der Waals surface area (Å²) in [5.74, 6) is 1.43. The Labute approximate surface area is 128 Å². The quantitative estimate of drug-likeness (QED) is 0.791. The van der Waals surface area contributed by atoms with Gasteiger partial charge in [0.25, 0.3) is 0 Å². The maximum atomic E-state index is 9.08. The van der Waals surface area contributed by atoms with Gasteiger partial charge >= 0.3 is 0 Å².